The average molecular weight is 457 g/mol. The van der Waals surface area contributed by atoms with Crippen molar-refractivity contribution in [3.63, 3.8) is 0 Å². The monoisotopic (exact) mass is 457 g/mol. The van der Waals surface area contributed by atoms with E-state index in [1.54, 1.807) is 0 Å². The SMILES string of the molecule is COC(=O)c1cc(NS(=O)(=O)c2cc(/C=C/C(=O)O)cc(OC)c2OC)c(F)cc1F. The first-order valence-corrected chi connectivity index (χ1v) is 9.79. The minimum atomic E-state index is -4.59. The summed E-state index contributed by atoms with van der Waals surface area (Å²) >= 11 is 0. The summed E-state index contributed by atoms with van der Waals surface area (Å²) in [5.41, 5.74) is -1.30. The van der Waals surface area contributed by atoms with Crippen molar-refractivity contribution in [2.45, 2.75) is 4.90 Å². The Morgan fingerprint density at radius 3 is 2.26 bits per heavy atom. The van der Waals surface area contributed by atoms with Crippen LogP contribution in [0.3, 0.4) is 0 Å². The van der Waals surface area contributed by atoms with Crippen molar-refractivity contribution in [1.82, 2.24) is 0 Å². The number of rotatable bonds is 8. The van der Waals surface area contributed by atoms with Crippen LogP contribution in [0.25, 0.3) is 6.08 Å². The van der Waals surface area contributed by atoms with Crippen LogP contribution in [0.15, 0.2) is 35.2 Å². The Morgan fingerprint density at radius 1 is 1.03 bits per heavy atom. The largest absolute Gasteiger partial charge is 0.493 e. The third-order valence-electron chi connectivity index (χ3n) is 3.88. The lowest BCUT2D eigenvalue weighted by Crippen LogP contribution is -2.17. The Bertz CT molecular complexity index is 1160. The zero-order valence-electron chi connectivity index (χ0n) is 16.4. The Morgan fingerprint density at radius 2 is 1.71 bits per heavy atom. The Balaban J connectivity index is 2.63. The topological polar surface area (TPSA) is 128 Å². The Kier molecular flexibility index (Phi) is 7.18. The highest BCUT2D eigenvalue weighted by molar-refractivity contribution is 7.92. The second-order valence-electron chi connectivity index (χ2n) is 5.84. The van der Waals surface area contributed by atoms with Crippen molar-refractivity contribution in [2.24, 2.45) is 0 Å². The molecule has 0 amide bonds. The van der Waals surface area contributed by atoms with E-state index in [0.717, 1.165) is 32.4 Å². The van der Waals surface area contributed by atoms with Gasteiger partial charge in [0.05, 0.1) is 32.6 Å². The van der Waals surface area contributed by atoms with E-state index in [4.69, 9.17) is 14.6 Å². The zero-order chi connectivity index (χ0) is 23.3. The molecule has 12 heteroatoms. The van der Waals surface area contributed by atoms with E-state index < -0.39 is 49.7 Å². The Labute approximate surface area is 175 Å². The lowest BCUT2D eigenvalue weighted by atomic mass is 10.2. The third kappa shape index (κ3) is 5.28. The molecule has 0 aliphatic heterocycles. The third-order valence-corrected chi connectivity index (χ3v) is 5.25. The second-order valence-corrected chi connectivity index (χ2v) is 7.49. The summed E-state index contributed by atoms with van der Waals surface area (Å²) in [5.74, 6) is -5.25. The number of benzene rings is 2. The van der Waals surface area contributed by atoms with E-state index >= 15 is 0 Å². The van der Waals surface area contributed by atoms with E-state index in [9.17, 15) is 26.8 Å². The minimum absolute atomic E-state index is 0.0507. The second kappa shape index (κ2) is 9.43. The van der Waals surface area contributed by atoms with Crippen LogP contribution in [0, 0.1) is 11.6 Å². The van der Waals surface area contributed by atoms with Gasteiger partial charge < -0.3 is 19.3 Å². The smallest absolute Gasteiger partial charge is 0.340 e. The number of carboxylic acid groups (broad SMARTS) is 1. The van der Waals surface area contributed by atoms with Gasteiger partial charge in [-0.15, -0.1) is 0 Å². The van der Waals surface area contributed by atoms with Crippen LogP contribution in [0.2, 0.25) is 0 Å². The summed E-state index contributed by atoms with van der Waals surface area (Å²) in [7, 11) is -1.22. The summed E-state index contributed by atoms with van der Waals surface area (Å²) in [6, 6.07) is 3.36. The predicted molar refractivity (Wildman–Crippen MR) is 105 cm³/mol. The Hall–Kier alpha value is -3.67. The minimum Gasteiger partial charge on any atom is -0.493 e. The number of halogens is 2. The lowest BCUT2D eigenvalue weighted by molar-refractivity contribution is -0.131. The molecule has 0 atom stereocenters. The molecule has 2 aromatic carbocycles. The maximum absolute atomic E-state index is 14.2. The molecule has 2 rings (SSSR count). The first-order chi connectivity index (χ1) is 14.5. The molecular formula is C19H17F2NO8S. The number of sulfonamides is 1. The van der Waals surface area contributed by atoms with Crippen LogP contribution in [-0.4, -0.2) is 46.8 Å². The van der Waals surface area contributed by atoms with Gasteiger partial charge in [0, 0.05) is 12.1 Å². The van der Waals surface area contributed by atoms with Gasteiger partial charge in [-0.1, -0.05) is 0 Å². The summed E-state index contributed by atoms with van der Waals surface area (Å²) < 4.78 is 70.4. The molecule has 0 spiro atoms. The van der Waals surface area contributed by atoms with E-state index in [0.29, 0.717) is 12.1 Å². The van der Waals surface area contributed by atoms with Gasteiger partial charge in [0.25, 0.3) is 10.0 Å². The van der Waals surface area contributed by atoms with Crippen molar-refractivity contribution >= 4 is 33.7 Å². The highest BCUT2D eigenvalue weighted by atomic mass is 32.2. The lowest BCUT2D eigenvalue weighted by Gasteiger charge is -2.16. The molecule has 0 radical (unpaired) electrons. The molecule has 0 aliphatic rings. The molecule has 0 bridgehead atoms. The van der Waals surface area contributed by atoms with Crippen LogP contribution in [0.4, 0.5) is 14.5 Å². The number of carbonyl (C=O) groups is 2. The first-order valence-electron chi connectivity index (χ1n) is 8.31. The summed E-state index contributed by atoms with van der Waals surface area (Å²) in [6.45, 7) is 0. The molecule has 9 nitrogen and oxygen atoms in total. The number of esters is 1. The number of nitrogens with one attached hydrogen (secondary N) is 1. The maximum atomic E-state index is 14.2. The molecule has 2 aromatic rings. The normalized spacial score (nSPS) is 11.3. The van der Waals surface area contributed by atoms with E-state index in [1.165, 1.54) is 13.2 Å². The molecule has 0 unspecified atom stereocenters. The number of carbonyl (C=O) groups excluding carboxylic acids is 1. The van der Waals surface area contributed by atoms with Crippen molar-refractivity contribution in [3.05, 3.63) is 53.1 Å². The van der Waals surface area contributed by atoms with Gasteiger partial charge in [0.1, 0.15) is 16.5 Å². The zero-order valence-corrected chi connectivity index (χ0v) is 17.2. The molecule has 0 aliphatic carbocycles. The standard InChI is InChI=1S/C19H17F2NO8S/c1-28-15-6-10(4-5-17(23)24)7-16(18(15)29-2)31(26,27)22-14-8-11(19(25)30-3)12(20)9-13(14)21/h4-9,22H,1-3H3,(H,23,24)/b5-4+. The molecule has 166 valence electrons. The molecule has 31 heavy (non-hydrogen) atoms. The van der Waals surface area contributed by atoms with Crippen molar-refractivity contribution < 1.29 is 46.1 Å². The molecule has 0 saturated carbocycles. The van der Waals surface area contributed by atoms with Gasteiger partial charge in [0.15, 0.2) is 11.5 Å². The molecule has 0 fully saturated rings. The van der Waals surface area contributed by atoms with Gasteiger partial charge in [-0.05, 0) is 29.8 Å². The number of ether oxygens (including phenoxy) is 3. The van der Waals surface area contributed by atoms with E-state index in [1.807, 2.05) is 4.72 Å². The maximum Gasteiger partial charge on any atom is 0.340 e. The van der Waals surface area contributed by atoms with Gasteiger partial charge in [-0.2, -0.15) is 0 Å². The number of aliphatic carboxylic acids is 1. The van der Waals surface area contributed by atoms with Gasteiger partial charge >= 0.3 is 11.9 Å². The number of hydrogen-bond acceptors (Lipinski definition) is 7. The highest BCUT2D eigenvalue weighted by Crippen LogP contribution is 2.37. The van der Waals surface area contributed by atoms with Gasteiger partial charge in [0.2, 0.25) is 0 Å². The van der Waals surface area contributed by atoms with Crippen LogP contribution in [0.5, 0.6) is 11.5 Å². The van der Waals surface area contributed by atoms with E-state index in [2.05, 4.69) is 4.74 Å². The predicted octanol–water partition coefficient (Wildman–Crippen LogP) is 2.67. The number of methoxy groups -OCH3 is 3. The van der Waals surface area contributed by atoms with Gasteiger partial charge in [-0.3, -0.25) is 4.72 Å². The summed E-state index contributed by atoms with van der Waals surface area (Å²) in [5, 5.41) is 8.79. The van der Waals surface area contributed by atoms with E-state index in [-0.39, 0.29) is 17.1 Å². The van der Waals surface area contributed by atoms with Crippen LogP contribution < -0.4 is 14.2 Å². The van der Waals surface area contributed by atoms with Crippen molar-refractivity contribution in [2.75, 3.05) is 26.1 Å². The fourth-order valence-corrected chi connectivity index (χ4v) is 3.78. The average Bonchev–Trinajstić information content (AvgIpc) is 2.72. The number of anilines is 1. The highest BCUT2D eigenvalue weighted by Gasteiger charge is 2.26. The number of hydrogen-bond donors (Lipinski definition) is 2. The quantitative estimate of drug-likeness (QED) is 0.457. The molecule has 0 heterocycles. The van der Waals surface area contributed by atoms with Crippen LogP contribution >= 0.6 is 0 Å². The van der Waals surface area contributed by atoms with Gasteiger partial charge in [-0.25, -0.2) is 26.8 Å². The fraction of sp³-hybridized carbons (Fsp3) is 0.158. The molecular weight excluding hydrogens is 440 g/mol. The number of carboxylic acids is 1. The first kappa shape index (κ1) is 23.6. The summed E-state index contributed by atoms with van der Waals surface area (Å²) in [6.07, 6.45) is 1.88. The van der Waals surface area contributed by atoms with Crippen LogP contribution in [-0.2, 0) is 19.6 Å². The molecule has 0 aromatic heterocycles. The molecule has 2 N–H and O–H groups in total. The van der Waals surface area contributed by atoms with Crippen LogP contribution in [0.1, 0.15) is 15.9 Å². The van der Waals surface area contributed by atoms with Crippen molar-refractivity contribution in [1.29, 1.82) is 0 Å². The molecule has 0 saturated heterocycles. The summed E-state index contributed by atoms with van der Waals surface area (Å²) in [4.78, 5) is 21.9. The van der Waals surface area contributed by atoms with Crippen molar-refractivity contribution in [3.8, 4) is 11.5 Å². The fourth-order valence-electron chi connectivity index (χ4n) is 2.51.